The fourth-order valence-electron chi connectivity index (χ4n) is 2.28. The van der Waals surface area contributed by atoms with Gasteiger partial charge in [-0.2, -0.15) is 0 Å². The molecule has 4 nitrogen and oxygen atoms in total. The van der Waals surface area contributed by atoms with E-state index in [-0.39, 0.29) is 0 Å². The van der Waals surface area contributed by atoms with Crippen LogP contribution in [0.1, 0.15) is 25.7 Å². The minimum absolute atomic E-state index is 0.662. The molecule has 4 heteroatoms. The molecule has 0 bridgehead atoms. The summed E-state index contributed by atoms with van der Waals surface area (Å²) in [6.45, 7) is 1.97. The minimum atomic E-state index is -0.897. The highest BCUT2D eigenvalue weighted by Gasteiger charge is 2.42. The highest BCUT2D eigenvalue weighted by molar-refractivity contribution is 5.77. The summed E-state index contributed by atoms with van der Waals surface area (Å²) in [7, 11) is 8.34. The Labute approximate surface area is 98.4 Å². The molecule has 0 unspecified atom stereocenters. The van der Waals surface area contributed by atoms with Crippen LogP contribution in [0.25, 0.3) is 0 Å². The number of hydrogen-bond acceptors (Lipinski definition) is 3. The van der Waals surface area contributed by atoms with Gasteiger partial charge in [-0.05, 0) is 32.7 Å². The standard InChI is InChI=1S/C12H24N2O2/c1-13-9-8-12(13,11(15)16)7-5-6-10-14(2,3)4/h5-10H2,1-4H3/t12-/m1/s1. The molecule has 0 aromatic rings. The van der Waals surface area contributed by atoms with Gasteiger partial charge in [0.05, 0.1) is 39.2 Å². The monoisotopic (exact) mass is 228 g/mol. The Morgan fingerprint density at radius 1 is 1.38 bits per heavy atom. The minimum Gasteiger partial charge on any atom is -0.548 e. The largest absolute Gasteiger partial charge is 0.548 e. The average molecular weight is 228 g/mol. The molecular weight excluding hydrogens is 204 g/mol. The first-order valence-electron chi connectivity index (χ1n) is 6.01. The van der Waals surface area contributed by atoms with Gasteiger partial charge in [0.25, 0.3) is 0 Å². The molecule has 94 valence electrons. The maximum atomic E-state index is 11.1. The van der Waals surface area contributed by atoms with Gasteiger partial charge >= 0.3 is 0 Å². The first-order chi connectivity index (χ1) is 7.28. The van der Waals surface area contributed by atoms with Crippen LogP contribution in [0.5, 0.6) is 0 Å². The maximum absolute atomic E-state index is 11.1. The van der Waals surface area contributed by atoms with Crippen LogP contribution >= 0.6 is 0 Å². The van der Waals surface area contributed by atoms with Crippen molar-refractivity contribution in [3.05, 3.63) is 0 Å². The molecule has 16 heavy (non-hydrogen) atoms. The van der Waals surface area contributed by atoms with Crippen LogP contribution in [0.2, 0.25) is 0 Å². The van der Waals surface area contributed by atoms with E-state index in [2.05, 4.69) is 21.1 Å². The average Bonchev–Trinajstić information content (AvgIpc) is 2.13. The summed E-state index contributed by atoms with van der Waals surface area (Å²) in [6, 6.07) is 0. The molecule has 0 spiro atoms. The van der Waals surface area contributed by atoms with E-state index in [9.17, 15) is 9.90 Å². The van der Waals surface area contributed by atoms with Crippen LogP contribution in [0, 0.1) is 0 Å². The van der Waals surface area contributed by atoms with E-state index < -0.39 is 11.5 Å². The third-order valence-corrected chi connectivity index (χ3v) is 3.64. The highest BCUT2D eigenvalue weighted by atomic mass is 16.4. The molecule has 1 rings (SSSR count). The van der Waals surface area contributed by atoms with Gasteiger partial charge in [0, 0.05) is 6.54 Å². The van der Waals surface area contributed by atoms with Crippen molar-refractivity contribution in [2.45, 2.75) is 31.2 Å². The number of hydrogen-bond donors (Lipinski definition) is 0. The molecule has 0 aliphatic carbocycles. The number of quaternary nitrogens is 1. The van der Waals surface area contributed by atoms with Crippen molar-refractivity contribution in [2.75, 3.05) is 41.3 Å². The van der Waals surface area contributed by atoms with Crippen molar-refractivity contribution in [3.8, 4) is 0 Å². The van der Waals surface area contributed by atoms with Crippen molar-refractivity contribution in [1.82, 2.24) is 4.90 Å². The Balaban J connectivity index is 2.33. The summed E-state index contributed by atoms with van der Waals surface area (Å²) < 4.78 is 0.939. The molecule has 1 atom stereocenters. The van der Waals surface area contributed by atoms with Crippen LogP contribution in [0.4, 0.5) is 0 Å². The van der Waals surface area contributed by atoms with Gasteiger partial charge in [0.15, 0.2) is 0 Å². The number of likely N-dealkylation sites (tertiary alicyclic amines) is 1. The van der Waals surface area contributed by atoms with Crippen LogP contribution in [0.3, 0.4) is 0 Å². The van der Waals surface area contributed by atoms with Crippen molar-refractivity contribution < 1.29 is 14.4 Å². The summed E-state index contributed by atoms with van der Waals surface area (Å²) in [6.07, 6.45) is 3.52. The fourth-order valence-corrected chi connectivity index (χ4v) is 2.28. The van der Waals surface area contributed by atoms with E-state index in [1.165, 1.54) is 0 Å². The summed E-state index contributed by atoms with van der Waals surface area (Å²) in [5, 5.41) is 11.1. The summed E-state index contributed by atoms with van der Waals surface area (Å²) in [5.74, 6) is -0.897. The van der Waals surface area contributed by atoms with Gasteiger partial charge < -0.3 is 14.4 Å². The normalized spacial score (nSPS) is 26.5. The molecule has 0 aromatic carbocycles. The van der Waals surface area contributed by atoms with E-state index in [0.717, 1.165) is 43.3 Å². The number of carbonyl (C=O) groups excluding carboxylic acids is 1. The maximum Gasteiger partial charge on any atom is 0.0780 e. The quantitative estimate of drug-likeness (QED) is 0.462. The zero-order valence-corrected chi connectivity index (χ0v) is 11.0. The van der Waals surface area contributed by atoms with Crippen LogP contribution in [-0.2, 0) is 4.79 Å². The number of unbranched alkanes of at least 4 members (excludes halogenated alkanes) is 1. The van der Waals surface area contributed by atoms with E-state index in [1.807, 2.05) is 11.9 Å². The lowest BCUT2D eigenvalue weighted by Gasteiger charge is -2.52. The Bertz CT molecular complexity index is 260. The highest BCUT2D eigenvalue weighted by Crippen LogP contribution is 2.33. The number of carboxylic acid groups (broad SMARTS) is 1. The number of likely N-dealkylation sites (N-methyl/N-ethyl adjacent to an activating group) is 1. The third-order valence-electron chi connectivity index (χ3n) is 3.64. The van der Waals surface area contributed by atoms with Gasteiger partial charge in [0.2, 0.25) is 0 Å². The summed E-state index contributed by atoms with van der Waals surface area (Å²) in [5.41, 5.74) is -0.662. The number of carbonyl (C=O) groups is 1. The smallest absolute Gasteiger partial charge is 0.0780 e. The molecule has 1 saturated heterocycles. The molecule has 1 fully saturated rings. The van der Waals surface area contributed by atoms with Gasteiger partial charge in [0.1, 0.15) is 0 Å². The summed E-state index contributed by atoms with van der Waals surface area (Å²) in [4.78, 5) is 13.1. The molecule has 0 radical (unpaired) electrons. The third kappa shape index (κ3) is 2.95. The molecule has 0 aromatic heterocycles. The molecule has 1 aliphatic rings. The Hall–Kier alpha value is -0.610. The van der Waals surface area contributed by atoms with Crippen molar-refractivity contribution in [3.63, 3.8) is 0 Å². The predicted molar refractivity (Wildman–Crippen MR) is 61.7 cm³/mol. The summed E-state index contributed by atoms with van der Waals surface area (Å²) >= 11 is 0. The zero-order chi connectivity index (χ0) is 12.4. The van der Waals surface area contributed by atoms with Gasteiger partial charge in [-0.25, -0.2) is 0 Å². The lowest BCUT2D eigenvalue weighted by Crippen LogP contribution is -2.66. The number of rotatable bonds is 6. The number of carboxylic acids is 1. The zero-order valence-electron chi connectivity index (χ0n) is 11.0. The van der Waals surface area contributed by atoms with E-state index in [0.29, 0.717) is 0 Å². The second-order valence-corrected chi connectivity index (χ2v) is 5.96. The Morgan fingerprint density at radius 2 is 2.00 bits per heavy atom. The molecule has 0 saturated carbocycles. The van der Waals surface area contributed by atoms with Gasteiger partial charge in [-0.15, -0.1) is 0 Å². The van der Waals surface area contributed by atoms with Crippen molar-refractivity contribution >= 4 is 5.97 Å². The molecular formula is C12H24N2O2. The van der Waals surface area contributed by atoms with Gasteiger partial charge in [-0.1, -0.05) is 0 Å². The lowest BCUT2D eigenvalue weighted by atomic mass is 9.80. The topological polar surface area (TPSA) is 43.4 Å². The van der Waals surface area contributed by atoms with Crippen LogP contribution < -0.4 is 5.11 Å². The number of aliphatic carboxylic acids is 1. The second-order valence-electron chi connectivity index (χ2n) is 5.96. The molecule has 0 amide bonds. The van der Waals surface area contributed by atoms with Crippen molar-refractivity contribution in [2.24, 2.45) is 0 Å². The molecule has 1 heterocycles. The first kappa shape index (κ1) is 13.5. The van der Waals surface area contributed by atoms with E-state index >= 15 is 0 Å². The van der Waals surface area contributed by atoms with E-state index in [4.69, 9.17) is 0 Å². The van der Waals surface area contributed by atoms with Crippen LogP contribution in [-0.4, -0.2) is 62.2 Å². The van der Waals surface area contributed by atoms with Crippen LogP contribution in [0.15, 0.2) is 0 Å². The first-order valence-corrected chi connectivity index (χ1v) is 6.01. The predicted octanol–water partition coefficient (Wildman–Crippen LogP) is -0.313. The van der Waals surface area contributed by atoms with Gasteiger partial charge in [-0.3, -0.25) is 4.90 Å². The SMILES string of the molecule is CN1CC[C@]1(CCCC[N+](C)(C)C)C(=O)[O-]. The molecule has 1 aliphatic heterocycles. The second kappa shape index (κ2) is 4.72. The Kier molecular flexibility index (Phi) is 3.97. The number of nitrogens with zero attached hydrogens (tertiary/aromatic N) is 2. The van der Waals surface area contributed by atoms with E-state index in [1.54, 1.807) is 0 Å². The fraction of sp³-hybridized carbons (Fsp3) is 0.917. The van der Waals surface area contributed by atoms with Crippen molar-refractivity contribution in [1.29, 1.82) is 0 Å². The Morgan fingerprint density at radius 3 is 2.31 bits per heavy atom. The molecule has 0 N–H and O–H groups in total. The lowest BCUT2D eigenvalue weighted by molar-refractivity contribution is -0.870.